The minimum atomic E-state index is 0.156. The van der Waals surface area contributed by atoms with E-state index in [2.05, 4.69) is 17.1 Å². The molecule has 2 nitrogen and oxygen atoms in total. The molecule has 0 aliphatic heterocycles. The Labute approximate surface area is 107 Å². The number of aryl methyl sites for hydroxylation is 2. The predicted molar refractivity (Wildman–Crippen MR) is 70.7 cm³/mol. The lowest BCUT2D eigenvalue weighted by atomic mass is 10.0. The van der Waals surface area contributed by atoms with E-state index in [0.717, 1.165) is 24.1 Å². The maximum Gasteiger partial charge on any atom is 0.168 e. The highest BCUT2D eigenvalue weighted by Crippen LogP contribution is 2.23. The quantitative estimate of drug-likeness (QED) is 0.768. The zero-order valence-electron chi connectivity index (χ0n) is 10.2. The first-order valence-corrected chi connectivity index (χ1v) is 6.38. The summed E-state index contributed by atoms with van der Waals surface area (Å²) in [6, 6.07) is 11.8. The second-order valence-corrected chi connectivity index (χ2v) is 4.76. The van der Waals surface area contributed by atoms with Gasteiger partial charge in [0.25, 0.3) is 0 Å². The van der Waals surface area contributed by atoms with Gasteiger partial charge in [0.2, 0.25) is 0 Å². The third-order valence-corrected chi connectivity index (χ3v) is 3.49. The number of nitrogens with zero attached hydrogens (tertiary/aromatic N) is 1. The highest BCUT2D eigenvalue weighted by molar-refractivity contribution is 5.97. The van der Waals surface area contributed by atoms with Crippen LogP contribution in [0.25, 0.3) is 0 Å². The van der Waals surface area contributed by atoms with Crippen molar-refractivity contribution in [1.29, 1.82) is 0 Å². The van der Waals surface area contributed by atoms with Gasteiger partial charge in [-0.15, -0.1) is 0 Å². The van der Waals surface area contributed by atoms with Gasteiger partial charge in [0.1, 0.15) is 0 Å². The van der Waals surface area contributed by atoms with Crippen molar-refractivity contribution >= 4 is 5.78 Å². The molecular formula is C16H15NO. The first-order valence-electron chi connectivity index (χ1n) is 6.38. The lowest BCUT2D eigenvalue weighted by molar-refractivity contribution is 0.0992. The average molecular weight is 237 g/mol. The second kappa shape index (κ2) is 4.73. The highest BCUT2D eigenvalue weighted by Gasteiger charge is 2.14. The molecule has 1 aromatic carbocycles. The van der Waals surface area contributed by atoms with E-state index in [9.17, 15) is 4.79 Å². The van der Waals surface area contributed by atoms with Gasteiger partial charge in [-0.2, -0.15) is 0 Å². The number of hydrogen-bond donors (Lipinski definition) is 0. The van der Waals surface area contributed by atoms with Crippen molar-refractivity contribution in [2.45, 2.75) is 25.7 Å². The Kier molecular flexibility index (Phi) is 2.93. The molecule has 18 heavy (non-hydrogen) atoms. The molecule has 0 fully saturated rings. The Morgan fingerprint density at radius 3 is 2.83 bits per heavy atom. The van der Waals surface area contributed by atoms with Crippen LogP contribution in [-0.2, 0) is 19.3 Å². The van der Waals surface area contributed by atoms with Crippen LogP contribution in [-0.4, -0.2) is 10.8 Å². The number of rotatable bonds is 3. The molecule has 0 amide bonds. The largest absolute Gasteiger partial charge is 0.294 e. The van der Waals surface area contributed by atoms with Crippen molar-refractivity contribution in [1.82, 2.24) is 4.98 Å². The number of fused-ring (bicyclic) bond motifs is 1. The normalized spacial score (nSPS) is 13.3. The van der Waals surface area contributed by atoms with E-state index in [1.54, 1.807) is 6.20 Å². The third kappa shape index (κ3) is 2.19. The number of Topliss-reactive ketones (excluding diaryl/α,β-unsaturated/α-hetero) is 1. The van der Waals surface area contributed by atoms with Gasteiger partial charge in [0, 0.05) is 17.5 Å². The predicted octanol–water partition coefficient (Wildman–Crippen LogP) is 3.00. The summed E-state index contributed by atoms with van der Waals surface area (Å²) in [5.74, 6) is 0.156. The van der Waals surface area contributed by atoms with Crippen molar-refractivity contribution in [3.63, 3.8) is 0 Å². The molecule has 0 saturated heterocycles. The average Bonchev–Trinajstić information content (AvgIpc) is 2.87. The van der Waals surface area contributed by atoms with Crippen LogP contribution in [0.15, 0.2) is 42.6 Å². The van der Waals surface area contributed by atoms with Gasteiger partial charge in [-0.25, -0.2) is 0 Å². The monoisotopic (exact) mass is 237 g/mol. The Morgan fingerprint density at radius 2 is 2.00 bits per heavy atom. The highest BCUT2D eigenvalue weighted by atomic mass is 16.1. The summed E-state index contributed by atoms with van der Waals surface area (Å²) >= 11 is 0. The van der Waals surface area contributed by atoms with Crippen LogP contribution in [0.2, 0.25) is 0 Å². The number of hydrogen-bond acceptors (Lipinski definition) is 2. The van der Waals surface area contributed by atoms with E-state index in [4.69, 9.17) is 0 Å². The van der Waals surface area contributed by atoms with Crippen molar-refractivity contribution in [3.05, 3.63) is 65.0 Å². The number of carbonyl (C=O) groups excluding carboxylic acids is 1. The van der Waals surface area contributed by atoms with Crippen LogP contribution in [0.4, 0.5) is 0 Å². The van der Waals surface area contributed by atoms with Crippen molar-refractivity contribution in [3.8, 4) is 0 Å². The SMILES string of the molecule is O=C(Cc1ccccn1)c1ccc2c(c1)CCC2. The van der Waals surface area contributed by atoms with Crippen molar-refractivity contribution in [2.24, 2.45) is 0 Å². The summed E-state index contributed by atoms with van der Waals surface area (Å²) in [6.07, 6.45) is 5.60. The maximum absolute atomic E-state index is 12.2. The molecule has 0 radical (unpaired) electrons. The fourth-order valence-corrected chi connectivity index (χ4v) is 2.51. The number of aromatic nitrogens is 1. The number of ketones is 1. The molecule has 90 valence electrons. The van der Waals surface area contributed by atoms with Gasteiger partial charge in [-0.05, 0) is 48.6 Å². The molecule has 1 aromatic heterocycles. The van der Waals surface area contributed by atoms with Gasteiger partial charge in [-0.3, -0.25) is 9.78 Å². The minimum absolute atomic E-state index is 0.156. The fraction of sp³-hybridized carbons (Fsp3) is 0.250. The molecule has 1 aliphatic carbocycles. The second-order valence-electron chi connectivity index (χ2n) is 4.76. The molecular weight excluding hydrogens is 222 g/mol. The number of benzene rings is 1. The van der Waals surface area contributed by atoms with E-state index < -0.39 is 0 Å². The Hall–Kier alpha value is -1.96. The zero-order valence-corrected chi connectivity index (χ0v) is 10.2. The number of carbonyl (C=O) groups is 1. The molecule has 0 atom stereocenters. The number of pyridine rings is 1. The van der Waals surface area contributed by atoms with Crippen LogP contribution in [0.1, 0.15) is 33.6 Å². The topological polar surface area (TPSA) is 30.0 Å². The minimum Gasteiger partial charge on any atom is -0.294 e. The molecule has 0 saturated carbocycles. The summed E-state index contributed by atoms with van der Waals surface area (Å²) in [4.78, 5) is 16.4. The van der Waals surface area contributed by atoms with Crippen LogP contribution >= 0.6 is 0 Å². The molecule has 2 heteroatoms. The molecule has 0 spiro atoms. The van der Waals surface area contributed by atoms with E-state index in [1.807, 2.05) is 24.3 Å². The molecule has 2 aromatic rings. The smallest absolute Gasteiger partial charge is 0.168 e. The summed E-state index contributed by atoms with van der Waals surface area (Å²) in [7, 11) is 0. The van der Waals surface area contributed by atoms with E-state index in [-0.39, 0.29) is 5.78 Å². The van der Waals surface area contributed by atoms with Gasteiger partial charge in [-0.1, -0.05) is 18.2 Å². The van der Waals surface area contributed by atoms with E-state index >= 15 is 0 Å². The van der Waals surface area contributed by atoms with Crippen LogP contribution < -0.4 is 0 Å². The summed E-state index contributed by atoms with van der Waals surface area (Å²) < 4.78 is 0. The lowest BCUT2D eigenvalue weighted by Gasteiger charge is -2.04. The summed E-state index contributed by atoms with van der Waals surface area (Å²) in [5.41, 5.74) is 4.41. The van der Waals surface area contributed by atoms with Gasteiger partial charge in [0.15, 0.2) is 5.78 Å². The third-order valence-electron chi connectivity index (χ3n) is 3.49. The first kappa shape index (κ1) is 11.1. The summed E-state index contributed by atoms with van der Waals surface area (Å²) in [6.45, 7) is 0. The van der Waals surface area contributed by atoms with Crippen molar-refractivity contribution < 1.29 is 4.79 Å². The molecule has 3 rings (SSSR count). The Morgan fingerprint density at radius 1 is 1.11 bits per heavy atom. The van der Waals surface area contributed by atoms with E-state index in [1.165, 1.54) is 17.5 Å². The van der Waals surface area contributed by atoms with Crippen molar-refractivity contribution in [2.75, 3.05) is 0 Å². The zero-order chi connectivity index (χ0) is 12.4. The first-order chi connectivity index (χ1) is 8.83. The molecule has 0 N–H and O–H groups in total. The molecule has 1 heterocycles. The molecule has 0 unspecified atom stereocenters. The van der Waals surface area contributed by atoms with Gasteiger partial charge in [0.05, 0.1) is 6.42 Å². The molecule has 0 bridgehead atoms. The van der Waals surface area contributed by atoms with Crippen LogP contribution in [0.5, 0.6) is 0 Å². The van der Waals surface area contributed by atoms with Gasteiger partial charge >= 0.3 is 0 Å². The van der Waals surface area contributed by atoms with Gasteiger partial charge < -0.3 is 0 Å². The Bertz CT molecular complexity index is 575. The molecule has 1 aliphatic rings. The van der Waals surface area contributed by atoms with Crippen LogP contribution in [0.3, 0.4) is 0 Å². The maximum atomic E-state index is 12.2. The summed E-state index contributed by atoms with van der Waals surface area (Å²) in [5, 5.41) is 0. The van der Waals surface area contributed by atoms with Crippen LogP contribution in [0, 0.1) is 0 Å². The van der Waals surface area contributed by atoms with E-state index in [0.29, 0.717) is 6.42 Å². The fourth-order valence-electron chi connectivity index (χ4n) is 2.51. The lowest BCUT2D eigenvalue weighted by Crippen LogP contribution is -2.05. The Balaban J connectivity index is 1.81. The standard InChI is InChI=1S/C16H15NO/c18-16(11-15-6-1-2-9-17-15)14-8-7-12-4-3-5-13(12)10-14/h1-2,6-10H,3-5,11H2.